The number of hydrogen-bond acceptors (Lipinski definition) is 1. The molecular weight excluding hydrogens is 419 g/mol. The van der Waals surface area contributed by atoms with Gasteiger partial charge in [-0.2, -0.15) is 0 Å². The maximum Gasteiger partial charge on any atom is 0.0952 e. The largest absolute Gasteiger partial charge is 0.385 e. The molecule has 0 atom stereocenters. The summed E-state index contributed by atoms with van der Waals surface area (Å²) in [7, 11) is 0. The van der Waals surface area contributed by atoms with Crippen molar-refractivity contribution in [1.29, 1.82) is 0 Å². The molecule has 4 rings (SSSR count). The van der Waals surface area contributed by atoms with Gasteiger partial charge in [0.25, 0.3) is 0 Å². The fourth-order valence-corrected chi connectivity index (χ4v) is 4.59. The van der Waals surface area contributed by atoms with E-state index >= 15 is 0 Å². The smallest absolute Gasteiger partial charge is 0.0952 e. The predicted molar refractivity (Wildman–Crippen MR) is 114 cm³/mol. The van der Waals surface area contributed by atoms with Gasteiger partial charge in [0, 0.05) is 3.57 Å². The van der Waals surface area contributed by atoms with Gasteiger partial charge in [-0.1, -0.05) is 30.3 Å². The normalized spacial score (nSPS) is 17.0. The monoisotopic (exact) mass is 448 g/mol. The lowest BCUT2D eigenvalue weighted by molar-refractivity contribution is -0.0102. The van der Waals surface area contributed by atoms with Crippen LogP contribution in [-0.4, -0.2) is 5.11 Å². The number of hydrogen-bond donors (Lipinski definition) is 1. The van der Waals surface area contributed by atoms with Gasteiger partial charge in [0.2, 0.25) is 0 Å². The Morgan fingerprint density at radius 2 is 1.36 bits per heavy atom. The van der Waals surface area contributed by atoms with Gasteiger partial charge in [-0.05, 0) is 122 Å². The van der Waals surface area contributed by atoms with E-state index in [-0.39, 0.29) is 0 Å². The highest BCUT2D eigenvalue weighted by Crippen LogP contribution is 2.57. The lowest BCUT2D eigenvalue weighted by Crippen LogP contribution is -2.30. The quantitative estimate of drug-likeness (QED) is 0.553. The summed E-state index contributed by atoms with van der Waals surface area (Å²) in [5.74, 6) is 1.08. The Morgan fingerprint density at radius 3 is 1.84 bits per heavy atom. The number of halogens is 1. The van der Waals surface area contributed by atoms with Crippen molar-refractivity contribution in [2.24, 2.45) is 11.8 Å². The summed E-state index contributed by atoms with van der Waals surface area (Å²) in [5, 5.41) is 10.8. The van der Waals surface area contributed by atoms with Crippen LogP contribution < -0.4 is 0 Å². The molecule has 1 N–H and O–H groups in total. The van der Waals surface area contributed by atoms with Crippen LogP contribution in [0, 0.1) is 43.1 Å². The van der Waals surface area contributed by atoms with Gasteiger partial charge in [-0.25, -0.2) is 0 Å². The first-order valence-electron chi connectivity index (χ1n) is 9.36. The van der Waals surface area contributed by atoms with Crippen molar-refractivity contribution in [3.63, 3.8) is 0 Å². The molecular formula is C23H29IO. The second-order valence-electron chi connectivity index (χ2n) is 7.79. The molecule has 2 saturated carbocycles. The minimum atomic E-state index is -0.485. The van der Waals surface area contributed by atoms with Gasteiger partial charge >= 0.3 is 0 Å². The maximum absolute atomic E-state index is 10.8. The van der Waals surface area contributed by atoms with Gasteiger partial charge < -0.3 is 5.11 Å². The lowest BCUT2D eigenvalue weighted by atomic mass is 9.84. The Labute approximate surface area is 166 Å². The van der Waals surface area contributed by atoms with Gasteiger partial charge in [0.05, 0.1) is 5.60 Å². The second-order valence-corrected chi connectivity index (χ2v) is 8.95. The fraction of sp³-hybridized carbons (Fsp3) is 0.478. The van der Waals surface area contributed by atoms with Crippen LogP contribution in [0.15, 0.2) is 36.4 Å². The van der Waals surface area contributed by atoms with Crippen molar-refractivity contribution in [1.82, 2.24) is 0 Å². The third-order valence-electron chi connectivity index (χ3n) is 6.05. The van der Waals surface area contributed by atoms with E-state index in [1.165, 1.54) is 51.5 Å². The van der Waals surface area contributed by atoms with Gasteiger partial charge in [-0.15, -0.1) is 0 Å². The van der Waals surface area contributed by atoms with Crippen LogP contribution in [0.4, 0.5) is 0 Å². The molecule has 134 valence electrons. The molecule has 2 aromatic carbocycles. The summed E-state index contributed by atoms with van der Waals surface area (Å²) < 4.78 is 1.38. The molecule has 0 unspecified atom stereocenters. The third kappa shape index (κ3) is 3.95. The van der Waals surface area contributed by atoms with Crippen molar-refractivity contribution in [2.75, 3.05) is 0 Å². The van der Waals surface area contributed by atoms with E-state index in [2.05, 4.69) is 68.5 Å². The zero-order valence-electron chi connectivity index (χ0n) is 15.8. The average molecular weight is 448 g/mol. The van der Waals surface area contributed by atoms with E-state index in [4.69, 9.17) is 0 Å². The van der Waals surface area contributed by atoms with Crippen LogP contribution in [0.1, 0.15) is 53.5 Å². The van der Waals surface area contributed by atoms with E-state index in [1.54, 1.807) is 0 Å². The van der Waals surface area contributed by atoms with Crippen LogP contribution >= 0.6 is 22.6 Å². The van der Waals surface area contributed by atoms with Crippen molar-refractivity contribution < 1.29 is 5.11 Å². The lowest BCUT2D eigenvalue weighted by Gasteiger charge is -2.28. The van der Waals surface area contributed by atoms with Gasteiger partial charge in [0.15, 0.2) is 0 Å². The van der Waals surface area contributed by atoms with Crippen molar-refractivity contribution in [2.45, 2.75) is 59.0 Å². The topological polar surface area (TPSA) is 20.2 Å². The van der Waals surface area contributed by atoms with Crippen LogP contribution in [0.3, 0.4) is 0 Å². The second kappa shape index (κ2) is 7.40. The van der Waals surface area contributed by atoms with E-state index in [0.29, 0.717) is 11.8 Å². The third-order valence-corrected chi connectivity index (χ3v) is 7.17. The highest BCUT2D eigenvalue weighted by molar-refractivity contribution is 14.1. The maximum atomic E-state index is 10.8. The molecule has 2 fully saturated rings. The van der Waals surface area contributed by atoms with Crippen LogP contribution in [0.25, 0.3) is 0 Å². The van der Waals surface area contributed by atoms with E-state index < -0.39 is 5.60 Å². The Kier molecular flexibility index (Phi) is 5.60. The molecule has 2 heteroatoms. The van der Waals surface area contributed by atoms with E-state index in [9.17, 15) is 5.11 Å². The Morgan fingerprint density at radius 1 is 0.840 bits per heavy atom. The van der Waals surface area contributed by atoms with Gasteiger partial charge in [0.1, 0.15) is 0 Å². The van der Waals surface area contributed by atoms with Crippen molar-refractivity contribution in [3.05, 3.63) is 67.8 Å². The molecule has 0 aliphatic heterocycles. The summed E-state index contributed by atoms with van der Waals surface area (Å²) >= 11 is 2.39. The number of benzene rings is 2. The Balaban J connectivity index is 0.000000151. The molecule has 2 aromatic rings. The Hall–Kier alpha value is -0.870. The minimum Gasteiger partial charge on any atom is -0.385 e. The van der Waals surface area contributed by atoms with E-state index in [1.807, 2.05) is 18.2 Å². The SMILES string of the molecule is Cc1cc(I)c(C)c(C)c1C.OC(c1ccccc1)(C1CC1)C1CC1. The first-order valence-corrected chi connectivity index (χ1v) is 10.4. The first-order chi connectivity index (χ1) is 11.9. The molecule has 1 nitrogen and oxygen atoms in total. The standard InChI is InChI=1S/C13H16O.C10H13I/c14-13(11-6-7-11,12-8-9-12)10-4-2-1-3-5-10;1-6-5-10(11)9(4)8(3)7(6)2/h1-5,11-12,14H,6-9H2;5H,1-4H3. The fourth-order valence-electron chi connectivity index (χ4n) is 3.72. The number of aryl methyl sites for hydroxylation is 1. The molecule has 0 radical (unpaired) electrons. The zero-order chi connectivity index (χ0) is 18.2. The molecule has 25 heavy (non-hydrogen) atoms. The molecule has 0 aromatic heterocycles. The highest BCUT2D eigenvalue weighted by atomic mass is 127. The minimum absolute atomic E-state index is 0.485. The predicted octanol–water partition coefficient (Wildman–Crippen LogP) is 6.22. The molecule has 2 aliphatic carbocycles. The van der Waals surface area contributed by atoms with Crippen LogP contribution in [-0.2, 0) is 5.60 Å². The first kappa shape index (κ1) is 18.9. The highest BCUT2D eigenvalue weighted by Gasteiger charge is 2.53. The summed E-state index contributed by atoms with van der Waals surface area (Å²) in [6.45, 7) is 8.74. The molecule has 0 heterocycles. The van der Waals surface area contributed by atoms with Crippen molar-refractivity contribution in [3.8, 4) is 0 Å². The summed E-state index contributed by atoms with van der Waals surface area (Å²) in [6, 6.07) is 12.5. The Bertz CT molecular complexity index is 704. The summed E-state index contributed by atoms with van der Waals surface area (Å²) in [4.78, 5) is 0. The summed E-state index contributed by atoms with van der Waals surface area (Å²) in [5.41, 5.74) is 6.36. The molecule has 0 bridgehead atoms. The average Bonchev–Trinajstić information content (AvgIpc) is 3.50. The number of aliphatic hydroxyl groups is 1. The van der Waals surface area contributed by atoms with E-state index in [0.717, 1.165) is 5.56 Å². The molecule has 2 aliphatic rings. The van der Waals surface area contributed by atoms with Gasteiger partial charge in [-0.3, -0.25) is 0 Å². The molecule has 0 spiro atoms. The molecule has 0 amide bonds. The summed E-state index contributed by atoms with van der Waals surface area (Å²) in [6.07, 6.45) is 4.84. The van der Waals surface area contributed by atoms with Crippen LogP contribution in [0.5, 0.6) is 0 Å². The van der Waals surface area contributed by atoms with Crippen molar-refractivity contribution >= 4 is 22.6 Å². The number of rotatable bonds is 3. The zero-order valence-corrected chi connectivity index (χ0v) is 17.9. The van der Waals surface area contributed by atoms with Crippen LogP contribution in [0.2, 0.25) is 0 Å². The molecule has 0 saturated heterocycles.